The highest BCUT2D eigenvalue weighted by Crippen LogP contribution is 2.31. The van der Waals surface area contributed by atoms with Crippen molar-refractivity contribution in [3.05, 3.63) is 107 Å². The molecule has 0 radical (unpaired) electrons. The summed E-state index contributed by atoms with van der Waals surface area (Å²) in [6.45, 7) is 3.55. The van der Waals surface area contributed by atoms with Gasteiger partial charge in [-0.3, -0.25) is 0 Å². The molecule has 4 rings (SSSR count). The van der Waals surface area contributed by atoms with Crippen LogP contribution < -0.4 is 0 Å². The van der Waals surface area contributed by atoms with E-state index in [0.717, 1.165) is 23.1 Å². The summed E-state index contributed by atoms with van der Waals surface area (Å²) in [5, 5.41) is 0. The molecule has 0 nitrogen and oxygen atoms in total. The molecule has 0 saturated carbocycles. The molecule has 162 valence electrons. The maximum absolute atomic E-state index is 14.8. The molecular weight excluding hydrogens is 405 g/mol. The molecule has 0 atom stereocenters. The quantitative estimate of drug-likeness (QED) is 0.287. The van der Waals surface area contributed by atoms with Crippen molar-refractivity contribution in [2.24, 2.45) is 0 Å². The smallest absolute Gasteiger partial charge is 0.131 e. The fraction of sp³-hybridized carbons (Fsp3) is 0.172. The Morgan fingerprint density at radius 1 is 0.562 bits per heavy atom. The summed E-state index contributed by atoms with van der Waals surface area (Å²) in [4.78, 5) is 0. The first kappa shape index (κ1) is 21.9. The first-order valence-corrected chi connectivity index (χ1v) is 10.9. The average molecular weight is 431 g/mol. The monoisotopic (exact) mass is 430 g/mol. The Kier molecular flexibility index (Phi) is 6.45. The van der Waals surface area contributed by atoms with E-state index in [2.05, 4.69) is 31.2 Å². The Morgan fingerprint density at radius 2 is 1.03 bits per heavy atom. The lowest BCUT2D eigenvalue weighted by Gasteiger charge is -2.10. The molecule has 0 aliphatic heterocycles. The molecule has 32 heavy (non-hydrogen) atoms. The van der Waals surface area contributed by atoms with E-state index >= 15 is 0 Å². The van der Waals surface area contributed by atoms with E-state index in [9.17, 15) is 13.2 Å². The molecule has 0 saturated heterocycles. The van der Waals surface area contributed by atoms with E-state index in [1.54, 1.807) is 12.1 Å². The van der Waals surface area contributed by atoms with Crippen molar-refractivity contribution in [3.63, 3.8) is 0 Å². The highest BCUT2D eigenvalue weighted by atomic mass is 19.1. The molecule has 0 unspecified atom stereocenters. The minimum absolute atomic E-state index is 0.0681. The van der Waals surface area contributed by atoms with E-state index in [-0.39, 0.29) is 16.7 Å². The van der Waals surface area contributed by atoms with Crippen LogP contribution in [0.4, 0.5) is 13.2 Å². The minimum Gasteiger partial charge on any atom is -0.207 e. The van der Waals surface area contributed by atoms with Gasteiger partial charge in [-0.25, -0.2) is 13.2 Å². The van der Waals surface area contributed by atoms with Gasteiger partial charge >= 0.3 is 0 Å². The Bertz CT molecular complexity index is 1200. The Labute approximate surface area is 187 Å². The highest BCUT2D eigenvalue weighted by molar-refractivity contribution is 5.74. The summed E-state index contributed by atoms with van der Waals surface area (Å²) in [6, 6.07) is 23.6. The van der Waals surface area contributed by atoms with Crippen LogP contribution in [0.3, 0.4) is 0 Å². The van der Waals surface area contributed by atoms with Gasteiger partial charge in [0.2, 0.25) is 0 Å². The maximum atomic E-state index is 14.8. The van der Waals surface area contributed by atoms with Gasteiger partial charge in [0.25, 0.3) is 0 Å². The van der Waals surface area contributed by atoms with Crippen LogP contribution in [0.5, 0.6) is 0 Å². The van der Waals surface area contributed by atoms with Crippen molar-refractivity contribution >= 4 is 0 Å². The first-order chi connectivity index (χ1) is 15.5. The molecular formula is C29H25F3. The van der Waals surface area contributed by atoms with Gasteiger partial charge in [-0.1, -0.05) is 74.0 Å². The lowest BCUT2D eigenvalue weighted by atomic mass is 9.96. The molecule has 0 amide bonds. The molecule has 4 aromatic rings. The average Bonchev–Trinajstić information content (AvgIpc) is 2.81. The van der Waals surface area contributed by atoms with Crippen LogP contribution in [0.2, 0.25) is 0 Å². The third-order valence-electron chi connectivity index (χ3n) is 5.89. The third-order valence-corrected chi connectivity index (χ3v) is 5.89. The number of hydrogen-bond acceptors (Lipinski definition) is 0. The molecule has 0 aromatic heterocycles. The summed E-state index contributed by atoms with van der Waals surface area (Å²) < 4.78 is 42.6. The van der Waals surface area contributed by atoms with Crippen LogP contribution in [-0.4, -0.2) is 0 Å². The second-order valence-electron chi connectivity index (χ2n) is 8.14. The van der Waals surface area contributed by atoms with Crippen molar-refractivity contribution in [3.8, 4) is 33.4 Å². The molecule has 0 fully saturated rings. The van der Waals surface area contributed by atoms with Gasteiger partial charge in [0.05, 0.1) is 0 Å². The van der Waals surface area contributed by atoms with E-state index in [4.69, 9.17) is 0 Å². The zero-order chi connectivity index (χ0) is 22.7. The number of hydrogen-bond donors (Lipinski definition) is 0. The fourth-order valence-corrected chi connectivity index (χ4v) is 3.83. The van der Waals surface area contributed by atoms with Crippen molar-refractivity contribution < 1.29 is 13.2 Å². The topological polar surface area (TPSA) is 0 Å². The van der Waals surface area contributed by atoms with Gasteiger partial charge in [-0.15, -0.1) is 0 Å². The number of benzene rings is 4. The van der Waals surface area contributed by atoms with E-state index in [1.165, 1.54) is 43.5 Å². The predicted molar refractivity (Wildman–Crippen MR) is 126 cm³/mol. The Hall–Kier alpha value is -3.33. The van der Waals surface area contributed by atoms with Gasteiger partial charge in [-0.2, -0.15) is 0 Å². The zero-order valence-electron chi connectivity index (χ0n) is 18.3. The van der Waals surface area contributed by atoms with E-state index < -0.39 is 17.5 Å². The van der Waals surface area contributed by atoms with Crippen LogP contribution in [0.15, 0.2) is 78.9 Å². The summed E-state index contributed by atoms with van der Waals surface area (Å²) in [6.07, 6.45) is 3.47. The van der Waals surface area contributed by atoms with Crippen LogP contribution in [0.1, 0.15) is 30.9 Å². The number of halogens is 3. The van der Waals surface area contributed by atoms with Crippen molar-refractivity contribution in [1.82, 2.24) is 0 Å². The van der Waals surface area contributed by atoms with Crippen LogP contribution in [0.25, 0.3) is 33.4 Å². The number of aryl methyl sites for hydroxylation is 1. The molecule has 0 aliphatic carbocycles. The fourth-order valence-electron chi connectivity index (χ4n) is 3.83. The van der Waals surface area contributed by atoms with Crippen molar-refractivity contribution in [2.45, 2.75) is 33.1 Å². The van der Waals surface area contributed by atoms with Gasteiger partial charge < -0.3 is 0 Å². The molecule has 0 bridgehead atoms. The standard InChI is InChI=1S/C29H25F3/c1-3-4-5-20-6-8-21(9-7-20)22-10-12-23(13-11-22)24-14-15-26(29(32)16-24)25-17-27(30)19(2)28(31)18-25/h6-18H,3-5H2,1-2H3. The molecule has 4 aromatic carbocycles. The van der Waals surface area contributed by atoms with Gasteiger partial charge in [-0.05, 0) is 71.3 Å². The second kappa shape index (κ2) is 9.44. The predicted octanol–water partition coefficient (Wildman–Crippen LogP) is 8.76. The normalized spacial score (nSPS) is 11.0. The lowest BCUT2D eigenvalue weighted by molar-refractivity contribution is 0.568. The summed E-state index contributed by atoms with van der Waals surface area (Å²) in [5.74, 6) is -1.88. The van der Waals surface area contributed by atoms with Crippen LogP contribution in [-0.2, 0) is 6.42 Å². The minimum atomic E-state index is -0.683. The third kappa shape index (κ3) is 4.62. The summed E-state index contributed by atoms with van der Waals surface area (Å²) in [7, 11) is 0. The molecule has 3 heteroatoms. The lowest BCUT2D eigenvalue weighted by Crippen LogP contribution is -1.93. The van der Waals surface area contributed by atoms with E-state index in [1.807, 2.05) is 24.3 Å². The van der Waals surface area contributed by atoms with Crippen LogP contribution >= 0.6 is 0 Å². The van der Waals surface area contributed by atoms with Crippen LogP contribution in [0, 0.1) is 24.4 Å². The summed E-state index contributed by atoms with van der Waals surface area (Å²) in [5.41, 5.74) is 5.46. The van der Waals surface area contributed by atoms with Gasteiger partial charge in [0.15, 0.2) is 0 Å². The molecule has 0 aliphatic rings. The van der Waals surface area contributed by atoms with Crippen molar-refractivity contribution in [1.29, 1.82) is 0 Å². The van der Waals surface area contributed by atoms with Gasteiger partial charge in [0.1, 0.15) is 17.5 Å². The first-order valence-electron chi connectivity index (χ1n) is 10.9. The van der Waals surface area contributed by atoms with Gasteiger partial charge in [0, 0.05) is 11.1 Å². The molecule has 0 spiro atoms. The van der Waals surface area contributed by atoms with E-state index in [0.29, 0.717) is 5.56 Å². The highest BCUT2D eigenvalue weighted by Gasteiger charge is 2.12. The second-order valence-corrected chi connectivity index (χ2v) is 8.14. The summed E-state index contributed by atoms with van der Waals surface area (Å²) >= 11 is 0. The maximum Gasteiger partial charge on any atom is 0.131 e. The van der Waals surface area contributed by atoms with Crippen molar-refractivity contribution in [2.75, 3.05) is 0 Å². The Morgan fingerprint density at radius 3 is 1.56 bits per heavy atom. The number of rotatable bonds is 6. The SMILES string of the molecule is CCCCc1ccc(-c2ccc(-c3ccc(-c4cc(F)c(C)c(F)c4)c(F)c3)cc2)cc1. The molecule has 0 heterocycles. The zero-order valence-corrected chi connectivity index (χ0v) is 18.3. The number of unbranched alkanes of at least 4 members (excludes halogenated alkanes) is 1. The Balaban J connectivity index is 1.56. The largest absolute Gasteiger partial charge is 0.207 e. The molecule has 0 N–H and O–H groups in total.